The molecule has 0 fully saturated rings. The lowest BCUT2D eigenvalue weighted by molar-refractivity contribution is -0.174. The van der Waals surface area contributed by atoms with Crippen molar-refractivity contribution in [2.45, 2.75) is 33.0 Å². The molecule has 0 aromatic heterocycles. The zero-order valence-corrected chi connectivity index (χ0v) is 7.62. The van der Waals surface area contributed by atoms with E-state index in [2.05, 4.69) is 0 Å². The van der Waals surface area contributed by atoms with Gasteiger partial charge in [-0.2, -0.15) is 0 Å². The predicted molar refractivity (Wildman–Crippen MR) is 42.5 cm³/mol. The van der Waals surface area contributed by atoms with Crippen LogP contribution in [0.5, 0.6) is 0 Å². The summed E-state index contributed by atoms with van der Waals surface area (Å²) in [6.07, 6.45) is -0.128. The Morgan fingerprint density at radius 3 is 2.33 bits per heavy atom. The maximum Gasteiger partial charge on any atom is 0.315 e. The van der Waals surface area contributed by atoms with E-state index in [9.17, 15) is 9.59 Å². The van der Waals surface area contributed by atoms with Crippen LogP contribution in [0.3, 0.4) is 0 Å². The third kappa shape index (κ3) is 4.85. The first-order chi connectivity index (χ1) is 5.60. The fourth-order valence-electron chi connectivity index (χ4n) is 0.690. The highest BCUT2D eigenvalue weighted by Gasteiger charge is 2.12. The summed E-state index contributed by atoms with van der Waals surface area (Å²) in [5.74, 6) is -0.734. The average Bonchev–Trinajstić information content (AvgIpc) is 1.98. The third-order valence-corrected chi connectivity index (χ3v) is 1.25. The molecule has 12 heavy (non-hydrogen) atoms. The summed E-state index contributed by atoms with van der Waals surface area (Å²) in [7, 11) is 1.45. The van der Waals surface area contributed by atoms with Crippen LogP contribution in [0.25, 0.3) is 0 Å². The fourth-order valence-corrected chi connectivity index (χ4v) is 0.690. The number of Topliss-reactive ketones (excluding diaryl/α,β-unsaturated/α-hetero) is 1. The minimum Gasteiger partial charge on any atom is -0.435 e. The second kappa shape index (κ2) is 5.71. The molecule has 0 aromatic rings. The second-order valence-corrected chi connectivity index (χ2v) is 2.44. The number of carbonyl (C=O) groups excluding carboxylic acids is 2. The maximum absolute atomic E-state index is 10.9. The minimum absolute atomic E-state index is 0.181. The quantitative estimate of drug-likeness (QED) is 0.353. The molecular formula is C8H14O4. The summed E-state index contributed by atoms with van der Waals surface area (Å²) in [5.41, 5.74) is 0. The van der Waals surface area contributed by atoms with Crippen molar-refractivity contribution in [3.63, 3.8) is 0 Å². The van der Waals surface area contributed by atoms with E-state index in [0.717, 1.165) is 0 Å². The number of hydrogen-bond donors (Lipinski definition) is 0. The minimum atomic E-state index is -0.531. The monoisotopic (exact) mass is 174 g/mol. The Kier molecular flexibility index (Phi) is 5.28. The lowest BCUT2D eigenvalue weighted by Gasteiger charge is -2.12. The molecule has 4 heteroatoms. The number of rotatable bonds is 5. The topological polar surface area (TPSA) is 52.6 Å². The van der Waals surface area contributed by atoms with Gasteiger partial charge in [0, 0.05) is 13.5 Å². The molecule has 0 aliphatic carbocycles. The van der Waals surface area contributed by atoms with Gasteiger partial charge in [-0.05, 0) is 6.92 Å². The van der Waals surface area contributed by atoms with Gasteiger partial charge in [0.05, 0.1) is 0 Å². The van der Waals surface area contributed by atoms with E-state index >= 15 is 0 Å². The third-order valence-electron chi connectivity index (χ3n) is 1.25. The first-order valence-corrected chi connectivity index (χ1v) is 3.81. The van der Waals surface area contributed by atoms with Crippen LogP contribution in [0.15, 0.2) is 0 Å². The van der Waals surface area contributed by atoms with Gasteiger partial charge in [0.2, 0.25) is 6.29 Å². The Labute approximate surface area is 71.8 Å². The smallest absolute Gasteiger partial charge is 0.315 e. The molecule has 0 bridgehead atoms. The number of ether oxygens (including phenoxy) is 2. The normalized spacial score (nSPS) is 12.2. The van der Waals surface area contributed by atoms with Crippen molar-refractivity contribution in [2.24, 2.45) is 0 Å². The average molecular weight is 174 g/mol. The van der Waals surface area contributed by atoms with Crippen molar-refractivity contribution < 1.29 is 19.1 Å². The van der Waals surface area contributed by atoms with Gasteiger partial charge in [0.25, 0.3) is 0 Å². The zero-order valence-electron chi connectivity index (χ0n) is 7.62. The van der Waals surface area contributed by atoms with Crippen molar-refractivity contribution in [2.75, 3.05) is 7.11 Å². The van der Waals surface area contributed by atoms with Crippen LogP contribution in [0.1, 0.15) is 26.7 Å². The molecule has 70 valence electrons. The standard InChI is InChI=1S/C8H14O4/c1-4-8(11-3)12-7(10)5-6(2)9/h8H,4-5H2,1-3H3. The Hall–Kier alpha value is -0.900. The Morgan fingerprint density at radius 1 is 1.42 bits per heavy atom. The lowest BCUT2D eigenvalue weighted by atomic mass is 10.3. The van der Waals surface area contributed by atoms with Gasteiger partial charge >= 0.3 is 5.97 Å². The van der Waals surface area contributed by atoms with Crippen LogP contribution in [-0.4, -0.2) is 25.2 Å². The molecule has 0 heterocycles. The van der Waals surface area contributed by atoms with Crippen molar-refractivity contribution in [3.05, 3.63) is 0 Å². The number of methoxy groups -OCH3 is 1. The summed E-state index contributed by atoms with van der Waals surface area (Å²) < 4.78 is 9.57. The molecule has 4 nitrogen and oxygen atoms in total. The summed E-state index contributed by atoms with van der Waals surface area (Å²) in [5, 5.41) is 0. The highest BCUT2D eigenvalue weighted by atomic mass is 16.7. The second-order valence-electron chi connectivity index (χ2n) is 2.44. The Balaban J connectivity index is 3.74. The van der Waals surface area contributed by atoms with Gasteiger partial charge in [-0.1, -0.05) is 6.92 Å². The number of carbonyl (C=O) groups is 2. The number of hydrogen-bond acceptors (Lipinski definition) is 4. The van der Waals surface area contributed by atoms with Crippen molar-refractivity contribution >= 4 is 11.8 Å². The number of esters is 1. The van der Waals surface area contributed by atoms with Crippen LogP contribution in [0.4, 0.5) is 0 Å². The molecule has 0 radical (unpaired) electrons. The molecule has 0 aliphatic heterocycles. The van der Waals surface area contributed by atoms with Crippen molar-refractivity contribution in [1.29, 1.82) is 0 Å². The maximum atomic E-state index is 10.9. The van der Waals surface area contributed by atoms with Gasteiger partial charge in [-0.15, -0.1) is 0 Å². The van der Waals surface area contributed by atoms with E-state index < -0.39 is 12.3 Å². The van der Waals surface area contributed by atoms with Crippen LogP contribution in [-0.2, 0) is 19.1 Å². The van der Waals surface area contributed by atoms with E-state index in [1.807, 2.05) is 6.92 Å². The molecule has 0 aliphatic rings. The largest absolute Gasteiger partial charge is 0.435 e. The Morgan fingerprint density at radius 2 is 2.00 bits per heavy atom. The van der Waals surface area contributed by atoms with Crippen molar-refractivity contribution in [1.82, 2.24) is 0 Å². The molecule has 0 rings (SSSR count). The highest BCUT2D eigenvalue weighted by Crippen LogP contribution is 2.00. The van der Waals surface area contributed by atoms with Gasteiger partial charge in [0.1, 0.15) is 12.2 Å². The summed E-state index contributed by atoms with van der Waals surface area (Å²) >= 11 is 0. The van der Waals surface area contributed by atoms with Gasteiger partial charge in [-0.25, -0.2) is 0 Å². The SMILES string of the molecule is CCC(OC)OC(=O)CC(C)=O. The van der Waals surface area contributed by atoms with Crippen LogP contribution in [0, 0.1) is 0 Å². The van der Waals surface area contributed by atoms with Gasteiger partial charge < -0.3 is 9.47 Å². The molecule has 0 saturated carbocycles. The molecule has 1 unspecified atom stereocenters. The zero-order chi connectivity index (χ0) is 9.56. The first kappa shape index (κ1) is 11.1. The summed E-state index contributed by atoms with van der Waals surface area (Å²) in [4.78, 5) is 21.3. The molecule has 0 N–H and O–H groups in total. The fraction of sp³-hybridized carbons (Fsp3) is 0.750. The van der Waals surface area contributed by atoms with E-state index in [1.54, 1.807) is 0 Å². The van der Waals surface area contributed by atoms with Crippen LogP contribution < -0.4 is 0 Å². The molecule has 0 spiro atoms. The Bertz CT molecular complexity index is 160. The van der Waals surface area contributed by atoms with Gasteiger partial charge in [0.15, 0.2) is 0 Å². The van der Waals surface area contributed by atoms with E-state index in [4.69, 9.17) is 9.47 Å². The predicted octanol–water partition coefficient (Wildman–Crippen LogP) is 0.891. The van der Waals surface area contributed by atoms with Crippen LogP contribution >= 0.6 is 0 Å². The first-order valence-electron chi connectivity index (χ1n) is 3.81. The van der Waals surface area contributed by atoms with Crippen LogP contribution in [0.2, 0.25) is 0 Å². The molecular weight excluding hydrogens is 160 g/mol. The van der Waals surface area contributed by atoms with E-state index in [0.29, 0.717) is 6.42 Å². The lowest BCUT2D eigenvalue weighted by Crippen LogP contribution is -2.20. The van der Waals surface area contributed by atoms with E-state index in [-0.39, 0.29) is 12.2 Å². The summed E-state index contributed by atoms with van der Waals surface area (Å²) in [6, 6.07) is 0. The highest BCUT2D eigenvalue weighted by molar-refractivity contribution is 5.94. The van der Waals surface area contributed by atoms with E-state index in [1.165, 1.54) is 14.0 Å². The molecule has 1 atom stereocenters. The molecule has 0 saturated heterocycles. The van der Waals surface area contributed by atoms with Gasteiger partial charge in [-0.3, -0.25) is 9.59 Å². The summed E-state index contributed by atoms with van der Waals surface area (Å²) in [6.45, 7) is 3.17. The molecule has 0 aromatic carbocycles. The molecule has 0 amide bonds. The number of ketones is 1. The van der Waals surface area contributed by atoms with Crippen molar-refractivity contribution in [3.8, 4) is 0 Å².